The highest BCUT2D eigenvalue weighted by molar-refractivity contribution is 5.97. The fourth-order valence-electron chi connectivity index (χ4n) is 0.483. The molecule has 0 aromatic carbocycles. The number of hydrogen-bond acceptors (Lipinski definition) is 3. The van der Waals surface area contributed by atoms with Gasteiger partial charge in [-0.15, -0.1) is 0 Å². The molecule has 1 aromatic rings. The van der Waals surface area contributed by atoms with Crippen LogP contribution < -0.4 is 0 Å². The smallest absolute Gasteiger partial charge is 0.189 e. The van der Waals surface area contributed by atoms with Gasteiger partial charge in [0.2, 0.25) is 0 Å². The molecule has 1 aromatic heterocycles. The maximum atomic E-state index is 10.3. The number of aromatic nitrogens is 1. The summed E-state index contributed by atoms with van der Waals surface area (Å²) < 4.78 is 4.57. The van der Waals surface area contributed by atoms with Crippen molar-refractivity contribution >= 4 is 5.78 Å². The number of rotatable bonds is 1. The zero-order chi connectivity index (χ0) is 6.85. The zero-order valence-electron chi connectivity index (χ0n) is 4.92. The van der Waals surface area contributed by atoms with E-state index in [4.69, 9.17) is 6.92 Å². The van der Waals surface area contributed by atoms with Crippen molar-refractivity contribution in [3.05, 3.63) is 24.4 Å². The number of Topliss-reactive ketones (excluding diaryl/α,β-unsaturated/α-hetero) is 1. The second kappa shape index (κ2) is 2.01. The molecule has 0 fully saturated rings. The molecule has 0 bridgehead atoms. The van der Waals surface area contributed by atoms with E-state index in [9.17, 15) is 4.79 Å². The van der Waals surface area contributed by atoms with Crippen LogP contribution in [0.3, 0.4) is 0 Å². The molecule has 0 aliphatic rings. The lowest BCUT2D eigenvalue weighted by Crippen LogP contribution is -1.90. The molecule has 0 aliphatic heterocycles. The lowest BCUT2D eigenvalue weighted by molar-refractivity contribution is 0.103. The van der Waals surface area contributed by atoms with E-state index in [-0.39, 0.29) is 5.69 Å². The molecule has 9 heavy (non-hydrogen) atoms. The lowest BCUT2D eigenvalue weighted by atomic mass is 10.3. The quantitative estimate of drug-likeness (QED) is 0.520. The molecular weight excluding hydrogens is 118 g/mol. The summed E-state index contributed by atoms with van der Waals surface area (Å²) in [5.41, 5.74) is 0.174. The van der Waals surface area contributed by atoms with Crippen LogP contribution in [-0.4, -0.2) is 10.9 Å². The van der Waals surface area contributed by atoms with Gasteiger partial charge in [0.05, 0.1) is 0 Å². The highest BCUT2D eigenvalue weighted by atomic mass is 16.5. The lowest BCUT2D eigenvalue weighted by Gasteiger charge is -1.75. The Hall–Kier alpha value is -1.12. The van der Waals surface area contributed by atoms with Gasteiger partial charge in [0.15, 0.2) is 5.78 Å². The summed E-state index contributed by atoms with van der Waals surface area (Å²) in [5.74, 6) is 0.0237. The molecule has 0 spiro atoms. The highest BCUT2D eigenvalue weighted by Gasteiger charge is 2.03. The Balaban J connectivity index is 2.98. The fourth-order valence-corrected chi connectivity index (χ4v) is 0.483. The monoisotopic (exact) mass is 123 g/mol. The largest absolute Gasteiger partial charge is 0.361 e. The van der Waals surface area contributed by atoms with E-state index < -0.39 is 5.78 Å². The summed E-state index contributed by atoms with van der Waals surface area (Å²) in [4.78, 5) is 10.3. The van der Waals surface area contributed by atoms with Gasteiger partial charge in [-0.05, 0) is 6.92 Å². The van der Waals surface area contributed by atoms with Crippen LogP contribution in [0, 0.1) is 13.8 Å². The summed E-state index contributed by atoms with van der Waals surface area (Å²) in [6, 6.07) is 1.49. The van der Waals surface area contributed by atoms with Gasteiger partial charge in [0.25, 0.3) is 0 Å². The number of carbonyl (C=O) groups excluding carboxylic acids is 1. The van der Waals surface area contributed by atoms with Crippen molar-refractivity contribution in [3.8, 4) is 0 Å². The molecule has 0 atom stereocenters. The van der Waals surface area contributed by atoms with Gasteiger partial charge in [-0.3, -0.25) is 4.79 Å². The van der Waals surface area contributed by atoms with Crippen molar-refractivity contribution in [1.82, 2.24) is 5.16 Å². The van der Waals surface area contributed by atoms with Crippen LogP contribution in [0.15, 0.2) is 10.6 Å². The topological polar surface area (TPSA) is 43.1 Å². The predicted octanol–water partition coefficient (Wildman–Crippen LogP) is 0.877. The Bertz CT molecular complexity index is 227. The molecule has 3 heteroatoms. The average Bonchev–Trinajstić information content (AvgIpc) is 2.14. The van der Waals surface area contributed by atoms with Crippen molar-refractivity contribution in [3.63, 3.8) is 0 Å². The Morgan fingerprint density at radius 3 is 2.78 bits per heavy atom. The second-order valence-corrected chi connectivity index (χ2v) is 1.69. The Kier molecular flexibility index (Phi) is 1.34. The van der Waals surface area contributed by atoms with Gasteiger partial charge < -0.3 is 4.52 Å². The molecule has 3 nitrogen and oxygen atoms in total. The summed E-state index contributed by atoms with van der Waals surface area (Å²) in [5, 5.41) is 3.37. The summed E-state index contributed by atoms with van der Waals surface area (Å²) in [6.07, 6.45) is 0. The molecule has 0 aliphatic carbocycles. The Morgan fingerprint density at radius 2 is 2.56 bits per heavy atom. The standard InChI is InChI=1S/C6H5NO2/c1-4-3-6(5(2)8)7-9-4/h2-3H,1H3. The number of hydrogen-bond donors (Lipinski definition) is 0. The van der Waals surface area contributed by atoms with E-state index in [1.807, 2.05) is 0 Å². The maximum absolute atomic E-state index is 10.3. The molecule has 0 saturated heterocycles. The molecule has 0 unspecified atom stereocenters. The van der Waals surface area contributed by atoms with Gasteiger partial charge in [0, 0.05) is 13.0 Å². The fraction of sp³-hybridized carbons (Fsp3) is 0.167. The van der Waals surface area contributed by atoms with Gasteiger partial charge in [-0.1, -0.05) is 5.16 Å². The van der Waals surface area contributed by atoms with Crippen LogP contribution in [0.2, 0.25) is 0 Å². The van der Waals surface area contributed by atoms with Crippen LogP contribution in [0.1, 0.15) is 16.2 Å². The Labute approximate surface area is 52.7 Å². The van der Waals surface area contributed by atoms with Gasteiger partial charge in [0.1, 0.15) is 11.5 Å². The minimum atomic E-state index is -0.563. The molecule has 0 saturated carbocycles. The number of aryl methyl sites for hydroxylation is 1. The maximum Gasteiger partial charge on any atom is 0.189 e. The predicted molar refractivity (Wildman–Crippen MR) is 29.9 cm³/mol. The van der Waals surface area contributed by atoms with Crippen LogP contribution >= 0.6 is 0 Å². The first-order chi connectivity index (χ1) is 4.20. The van der Waals surface area contributed by atoms with Crippen LogP contribution in [0.4, 0.5) is 0 Å². The van der Waals surface area contributed by atoms with Crippen LogP contribution in [0.5, 0.6) is 0 Å². The first-order valence-corrected chi connectivity index (χ1v) is 2.43. The first kappa shape index (κ1) is 6.01. The minimum Gasteiger partial charge on any atom is -0.361 e. The van der Waals surface area contributed by atoms with E-state index in [2.05, 4.69) is 9.68 Å². The minimum absolute atomic E-state index is 0.174. The molecule has 46 valence electrons. The molecule has 2 radical (unpaired) electrons. The third kappa shape index (κ3) is 1.16. The molecule has 0 N–H and O–H groups in total. The molecule has 1 rings (SSSR count). The third-order valence-electron chi connectivity index (χ3n) is 0.880. The van der Waals surface area contributed by atoms with E-state index >= 15 is 0 Å². The highest BCUT2D eigenvalue weighted by Crippen LogP contribution is 2.00. The van der Waals surface area contributed by atoms with E-state index in [0.29, 0.717) is 5.76 Å². The van der Waals surface area contributed by atoms with Gasteiger partial charge in [-0.2, -0.15) is 0 Å². The molecular formula is C6H5NO2. The van der Waals surface area contributed by atoms with Crippen molar-refractivity contribution in [1.29, 1.82) is 0 Å². The van der Waals surface area contributed by atoms with E-state index in [0.717, 1.165) is 0 Å². The molecule has 0 amide bonds. The average molecular weight is 123 g/mol. The first-order valence-electron chi connectivity index (χ1n) is 2.43. The van der Waals surface area contributed by atoms with Gasteiger partial charge >= 0.3 is 0 Å². The van der Waals surface area contributed by atoms with Crippen molar-refractivity contribution < 1.29 is 9.32 Å². The summed E-state index contributed by atoms with van der Waals surface area (Å²) in [6.45, 7) is 6.56. The SMILES string of the molecule is [CH]C(=O)c1cc(C)on1. The third-order valence-corrected chi connectivity index (χ3v) is 0.880. The zero-order valence-corrected chi connectivity index (χ0v) is 4.92. The Morgan fingerprint density at radius 1 is 1.89 bits per heavy atom. The van der Waals surface area contributed by atoms with Gasteiger partial charge in [-0.25, -0.2) is 0 Å². The second-order valence-electron chi connectivity index (χ2n) is 1.69. The van der Waals surface area contributed by atoms with Crippen molar-refractivity contribution in [2.24, 2.45) is 0 Å². The number of carbonyl (C=O) groups is 1. The van der Waals surface area contributed by atoms with Crippen LogP contribution in [-0.2, 0) is 0 Å². The van der Waals surface area contributed by atoms with Crippen molar-refractivity contribution in [2.45, 2.75) is 6.92 Å². The summed E-state index contributed by atoms with van der Waals surface area (Å²) >= 11 is 0. The normalized spacial score (nSPS) is 9.56. The molecule has 1 heterocycles. The van der Waals surface area contributed by atoms with E-state index in [1.165, 1.54) is 6.07 Å². The summed E-state index contributed by atoms with van der Waals surface area (Å²) in [7, 11) is 0. The van der Waals surface area contributed by atoms with Crippen LogP contribution in [0.25, 0.3) is 0 Å². The van der Waals surface area contributed by atoms with E-state index in [1.54, 1.807) is 6.92 Å². The number of ketones is 1. The van der Waals surface area contributed by atoms with Crippen molar-refractivity contribution in [2.75, 3.05) is 0 Å². The number of nitrogens with zero attached hydrogens (tertiary/aromatic N) is 1.